The summed E-state index contributed by atoms with van der Waals surface area (Å²) in [7, 11) is 0. The van der Waals surface area contributed by atoms with Gasteiger partial charge in [-0.2, -0.15) is 0 Å². The predicted octanol–water partition coefficient (Wildman–Crippen LogP) is 3.19. The number of amides is 3. The number of rotatable bonds is 5. The summed E-state index contributed by atoms with van der Waals surface area (Å²) in [6.45, 7) is 2.11. The highest BCUT2D eigenvalue weighted by molar-refractivity contribution is 6.30. The first-order valence-electron chi connectivity index (χ1n) is 7.59. The lowest BCUT2D eigenvalue weighted by atomic mass is 9.92. The summed E-state index contributed by atoms with van der Waals surface area (Å²) in [4.78, 5) is 26.1. The molecule has 0 aromatic heterocycles. The monoisotopic (exact) mass is 344 g/mol. The van der Waals surface area contributed by atoms with E-state index in [1.54, 1.807) is 31.2 Å². The minimum atomic E-state index is -1.09. The van der Waals surface area contributed by atoms with Crippen LogP contribution in [-0.4, -0.2) is 30.0 Å². The molecular formula is C18H17ClN2O3. The van der Waals surface area contributed by atoms with Crippen LogP contribution in [0.3, 0.4) is 0 Å². The number of carbonyl (C=O) groups is 2. The Labute approximate surface area is 145 Å². The van der Waals surface area contributed by atoms with Gasteiger partial charge in [0.25, 0.3) is 5.91 Å². The van der Waals surface area contributed by atoms with Crippen LogP contribution in [0.1, 0.15) is 12.5 Å². The van der Waals surface area contributed by atoms with Crippen molar-refractivity contribution in [3.63, 3.8) is 0 Å². The molecule has 124 valence electrons. The summed E-state index contributed by atoms with van der Waals surface area (Å²) in [5.41, 5.74) is -0.397. The molecule has 1 fully saturated rings. The van der Waals surface area contributed by atoms with Crippen LogP contribution in [0.4, 0.5) is 4.79 Å². The number of nitrogens with one attached hydrogen (secondary N) is 1. The van der Waals surface area contributed by atoms with Gasteiger partial charge < -0.3 is 10.1 Å². The Balaban J connectivity index is 1.68. The molecule has 1 saturated heterocycles. The van der Waals surface area contributed by atoms with Gasteiger partial charge in [-0.25, -0.2) is 4.79 Å². The van der Waals surface area contributed by atoms with Crippen LogP contribution in [0.5, 0.6) is 5.75 Å². The van der Waals surface area contributed by atoms with Gasteiger partial charge in [-0.3, -0.25) is 9.69 Å². The quantitative estimate of drug-likeness (QED) is 0.847. The number of halogens is 1. The van der Waals surface area contributed by atoms with Crippen molar-refractivity contribution in [2.45, 2.75) is 12.5 Å². The molecular weight excluding hydrogens is 328 g/mol. The van der Waals surface area contributed by atoms with Crippen molar-refractivity contribution in [2.75, 3.05) is 13.2 Å². The second-order valence-electron chi connectivity index (χ2n) is 5.68. The normalized spacial score (nSPS) is 20.2. The summed E-state index contributed by atoms with van der Waals surface area (Å²) in [6, 6.07) is 15.7. The van der Waals surface area contributed by atoms with Crippen molar-refractivity contribution < 1.29 is 14.3 Å². The smallest absolute Gasteiger partial charge is 0.325 e. The molecule has 0 spiro atoms. The molecule has 1 atom stereocenters. The van der Waals surface area contributed by atoms with Gasteiger partial charge in [0, 0.05) is 5.02 Å². The minimum Gasteiger partial charge on any atom is -0.492 e. The second kappa shape index (κ2) is 6.53. The van der Waals surface area contributed by atoms with Crippen LogP contribution >= 0.6 is 11.6 Å². The maximum Gasteiger partial charge on any atom is 0.325 e. The van der Waals surface area contributed by atoms with E-state index in [-0.39, 0.29) is 19.1 Å². The molecule has 5 nitrogen and oxygen atoms in total. The molecule has 24 heavy (non-hydrogen) atoms. The minimum absolute atomic E-state index is 0.183. The Hall–Kier alpha value is -2.53. The third kappa shape index (κ3) is 3.08. The Morgan fingerprint density at radius 3 is 2.42 bits per heavy atom. The lowest BCUT2D eigenvalue weighted by Crippen LogP contribution is -2.41. The zero-order valence-electron chi connectivity index (χ0n) is 13.2. The number of urea groups is 1. The average molecular weight is 345 g/mol. The summed E-state index contributed by atoms with van der Waals surface area (Å²) >= 11 is 5.89. The van der Waals surface area contributed by atoms with Crippen molar-refractivity contribution in [1.29, 1.82) is 0 Å². The first-order valence-corrected chi connectivity index (χ1v) is 7.96. The van der Waals surface area contributed by atoms with Crippen LogP contribution in [0.2, 0.25) is 5.02 Å². The highest BCUT2D eigenvalue weighted by Crippen LogP contribution is 2.29. The SMILES string of the molecule is C[C@@]1(c2ccc(Cl)cc2)NC(=O)N(CCOc2ccccc2)C1=O. The summed E-state index contributed by atoms with van der Waals surface area (Å²) in [6.07, 6.45) is 0. The van der Waals surface area contributed by atoms with Crippen LogP contribution in [0.25, 0.3) is 0 Å². The second-order valence-corrected chi connectivity index (χ2v) is 6.12. The molecule has 1 heterocycles. The van der Waals surface area contributed by atoms with Gasteiger partial charge in [0.2, 0.25) is 0 Å². The Bertz CT molecular complexity index is 749. The van der Waals surface area contributed by atoms with E-state index in [1.807, 2.05) is 30.3 Å². The maximum atomic E-state index is 12.7. The van der Waals surface area contributed by atoms with Gasteiger partial charge in [-0.05, 0) is 36.8 Å². The highest BCUT2D eigenvalue weighted by Gasteiger charge is 2.48. The van der Waals surface area contributed by atoms with Gasteiger partial charge in [-0.15, -0.1) is 0 Å². The largest absolute Gasteiger partial charge is 0.492 e. The van der Waals surface area contributed by atoms with Crippen molar-refractivity contribution in [3.8, 4) is 5.75 Å². The van der Waals surface area contributed by atoms with Crippen molar-refractivity contribution >= 4 is 23.5 Å². The highest BCUT2D eigenvalue weighted by atomic mass is 35.5. The zero-order chi connectivity index (χ0) is 17.2. The molecule has 0 radical (unpaired) electrons. The first kappa shape index (κ1) is 16.3. The Morgan fingerprint density at radius 2 is 1.75 bits per heavy atom. The first-order chi connectivity index (χ1) is 11.5. The van der Waals surface area contributed by atoms with Gasteiger partial charge >= 0.3 is 6.03 Å². The lowest BCUT2D eigenvalue weighted by molar-refractivity contribution is -0.131. The van der Waals surface area contributed by atoms with Crippen molar-refractivity contribution in [1.82, 2.24) is 10.2 Å². The van der Waals surface area contributed by atoms with Crippen LogP contribution in [0.15, 0.2) is 54.6 Å². The number of hydrogen-bond donors (Lipinski definition) is 1. The molecule has 6 heteroatoms. The van der Waals surface area contributed by atoms with Gasteiger partial charge in [-0.1, -0.05) is 41.9 Å². The standard InChI is InChI=1S/C18H17ClN2O3/c1-18(13-7-9-14(19)10-8-13)16(22)21(17(23)20-18)11-12-24-15-5-3-2-4-6-15/h2-10H,11-12H2,1H3,(H,20,23)/t18-/m0/s1. The molecule has 0 aliphatic carbocycles. The van der Waals surface area contributed by atoms with Crippen LogP contribution in [-0.2, 0) is 10.3 Å². The van der Waals surface area contributed by atoms with E-state index >= 15 is 0 Å². The van der Waals surface area contributed by atoms with Gasteiger partial charge in [0.1, 0.15) is 17.9 Å². The molecule has 1 aliphatic heterocycles. The number of ether oxygens (including phenoxy) is 1. The third-order valence-corrected chi connectivity index (χ3v) is 4.28. The molecule has 2 aromatic rings. The number of hydrogen-bond acceptors (Lipinski definition) is 3. The van der Waals surface area contributed by atoms with Crippen LogP contribution < -0.4 is 10.1 Å². The molecule has 0 saturated carbocycles. The maximum absolute atomic E-state index is 12.7. The van der Waals surface area contributed by atoms with E-state index in [0.29, 0.717) is 16.3 Å². The Kier molecular flexibility index (Phi) is 4.44. The van der Waals surface area contributed by atoms with Gasteiger partial charge in [0.05, 0.1) is 6.54 Å². The molecule has 1 N–H and O–H groups in total. The van der Waals surface area contributed by atoms with Gasteiger partial charge in [0.15, 0.2) is 0 Å². The van der Waals surface area contributed by atoms with Crippen LogP contribution in [0, 0.1) is 0 Å². The van der Waals surface area contributed by atoms with E-state index in [2.05, 4.69) is 5.32 Å². The fraction of sp³-hybridized carbons (Fsp3) is 0.222. The molecule has 3 rings (SSSR count). The molecule has 0 unspecified atom stereocenters. The number of carbonyl (C=O) groups excluding carboxylic acids is 2. The summed E-state index contributed by atoms with van der Waals surface area (Å²) in [5.74, 6) is 0.400. The number of benzene rings is 2. The van der Waals surface area contributed by atoms with Crippen molar-refractivity contribution in [3.05, 3.63) is 65.2 Å². The Morgan fingerprint density at radius 1 is 1.08 bits per heavy atom. The molecule has 1 aliphatic rings. The average Bonchev–Trinajstić information content (AvgIpc) is 2.80. The summed E-state index contributed by atoms with van der Waals surface area (Å²) in [5, 5.41) is 3.33. The fourth-order valence-corrected chi connectivity index (χ4v) is 2.78. The summed E-state index contributed by atoms with van der Waals surface area (Å²) < 4.78 is 5.56. The van der Waals surface area contributed by atoms with Crippen molar-refractivity contribution in [2.24, 2.45) is 0 Å². The zero-order valence-corrected chi connectivity index (χ0v) is 13.9. The molecule has 3 amide bonds. The van der Waals surface area contributed by atoms with E-state index < -0.39 is 11.6 Å². The lowest BCUT2D eigenvalue weighted by Gasteiger charge is -2.22. The fourth-order valence-electron chi connectivity index (χ4n) is 2.65. The van der Waals surface area contributed by atoms with E-state index in [9.17, 15) is 9.59 Å². The third-order valence-electron chi connectivity index (χ3n) is 4.02. The predicted molar refractivity (Wildman–Crippen MR) is 91.0 cm³/mol. The number of para-hydroxylation sites is 1. The van der Waals surface area contributed by atoms with E-state index in [4.69, 9.17) is 16.3 Å². The number of nitrogens with zero attached hydrogens (tertiary/aromatic N) is 1. The molecule has 2 aromatic carbocycles. The van der Waals surface area contributed by atoms with E-state index in [1.165, 1.54) is 4.90 Å². The molecule has 0 bridgehead atoms. The topological polar surface area (TPSA) is 58.6 Å². The van der Waals surface area contributed by atoms with E-state index in [0.717, 1.165) is 0 Å². The number of imide groups is 1.